The van der Waals surface area contributed by atoms with Crippen LogP contribution in [0.4, 0.5) is 0 Å². The van der Waals surface area contributed by atoms with Gasteiger partial charge in [-0.2, -0.15) is 0 Å². The largest absolute Gasteiger partial charge is 0.379 e. The Labute approximate surface area is 173 Å². The standard InChI is InChI=1S/C19H30N4O2.HI/c1-3-20-19(23(2)13-14-25-15-16-9-10-16)22-12-11-21-18(24)17-7-5-4-6-8-17;/h4-8,16H,3,9-15H2,1-2H3,(H,20,22)(H,21,24);1H. The van der Waals surface area contributed by atoms with Crippen LogP contribution >= 0.6 is 24.0 Å². The van der Waals surface area contributed by atoms with Crippen LogP contribution in [0.25, 0.3) is 0 Å². The molecule has 0 spiro atoms. The lowest BCUT2D eigenvalue weighted by molar-refractivity contribution is 0.0955. The summed E-state index contributed by atoms with van der Waals surface area (Å²) in [5.74, 6) is 1.56. The molecular formula is C19H31IN4O2. The molecule has 0 heterocycles. The number of halogens is 1. The lowest BCUT2D eigenvalue weighted by Crippen LogP contribution is -2.41. The highest BCUT2D eigenvalue weighted by Gasteiger charge is 2.21. The highest BCUT2D eigenvalue weighted by Crippen LogP contribution is 2.28. The molecule has 146 valence electrons. The molecule has 0 atom stereocenters. The Balaban J connectivity index is 0.00000338. The molecule has 0 bridgehead atoms. The molecule has 0 aromatic heterocycles. The summed E-state index contributed by atoms with van der Waals surface area (Å²) in [7, 11) is 2.00. The second-order valence-corrected chi connectivity index (χ2v) is 6.30. The number of aliphatic imine (C=N–C) groups is 1. The van der Waals surface area contributed by atoms with Crippen molar-refractivity contribution in [1.82, 2.24) is 15.5 Å². The number of hydrogen-bond donors (Lipinski definition) is 2. The summed E-state index contributed by atoms with van der Waals surface area (Å²) in [6, 6.07) is 9.22. The summed E-state index contributed by atoms with van der Waals surface area (Å²) in [6.07, 6.45) is 2.63. The molecule has 26 heavy (non-hydrogen) atoms. The van der Waals surface area contributed by atoms with Crippen molar-refractivity contribution >= 4 is 35.8 Å². The van der Waals surface area contributed by atoms with Gasteiger partial charge in [-0.3, -0.25) is 9.79 Å². The van der Waals surface area contributed by atoms with Crippen LogP contribution in [0.3, 0.4) is 0 Å². The molecule has 1 aromatic carbocycles. The van der Waals surface area contributed by atoms with Crippen molar-refractivity contribution in [2.45, 2.75) is 19.8 Å². The van der Waals surface area contributed by atoms with E-state index in [-0.39, 0.29) is 29.9 Å². The van der Waals surface area contributed by atoms with E-state index < -0.39 is 0 Å². The Hall–Kier alpha value is -1.35. The zero-order valence-electron chi connectivity index (χ0n) is 15.7. The minimum absolute atomic E-state index is 0. The van der Waals surface area contributed by atoms with Crippen molar-refractivity contribution in [3.05, 3.63) is 35.9 Å². The number of amides is 1. The van der Waals surface area contributed by atoms with Gasteiger partial charge in [0, 0.05) is 38.9 Å². The van der Waals surface area contributed by atoms with E-state index in [0.29, 0.717) is 25.3 Å². The summed E-state index contributed by atoms with van der Waals surface area (Å²) in [6.45, 7) is 6.29. The van der Waals surface area contributed by atoms with Gasteiger partial charge in [-0.25, -0.2) is 0 Å². The third-order valence-electron chi connectivity index (χ3n) is 4.01. The minimum Gasteiger partial charge on any atom is -0.379 e. The number of nitrogens with one attached hydrogen (secondary N) is 2. The predicted molar refractivity (Wildman–Crippen MR) is 116 cm³/mol. The molecule has 6 nitrogen and oxygen atoms in total. The lowest BCUT2D eigenvalue weighted by atomic mass is 10.2. The number of benzene rings is 1. The second kappa shape index (κ2) is 12.9. The first-order chi connectivity index (χ1) is 12.2. The Bertz CT molecular complexity index is 550. The van der Waals surface area contributed by atoms with Crippen LogP contribution in [0.5, 0.6) is 0 Å². The molecule has 1 aromatic rings. The maximum atomic E-state index is 12.0. The molecule has 1 saturated carbocycles. The van der Waals surface area contributed by atoms with Gasteiger partial charge in [0.2, 0.25) is 0 Å². The summed E-state index contributed by atoms with van der Waals surface area (Å²) in [4.78, 5) is 18.6. The number of guanidine groups is 1. The summed E-state index contributed by atoms with van der Waals surface area (Å²) >= 11 is 0. The molecule has 1 fully saturated rings. The van der Waals surface area contributed by atoms with Gasteiger partial charge in [-0.05, 0) is 37.8 Å². The van der Waals surface area contributed by atoms with E-state index in [0.717, 1.165) is 31.6 Å². The van der Waals surface area contributed by atoms with Gasteiger partial charge in [0.05, 0.1) is 13.2 Å². The zero-order valence-corrected chi connectivity index (χ0v) is 18.1. The molecule has 0 aliphatic heterocycles. The fourth-order valence-corrected chi connectivity index (χ4v) is 2.33. The van der Waals surface area contributed by atoms with Gasteiger partial charge >= 0.3 is 0 Å². The van der Waals surface area contributed by atoms with Crippen molar-refractivity contribution in [2.24, 2.45) is 10.9 Å². The molecule has 0 unspecified atom stereocenters. The van der Waals surface area contributed by atoms with Crippen LogP contribution in [0.15, 0.2) is 35.3 Å². The molecular weight excluding hydrogens is 443 g/mol. The molecule has 1 aliphatic rings. The highest BCUT2D eigenvalue weighted by atomic mass is 127. The average Bonchev–Trinajstić information content (AvgIpc) is 3.46. The monoisotopic (exact) mass is 474 g/mol. The topological polar surface area (TPSA) is 66.0 Å². The van der Waals surface area contributed by atoms with E-state index in [1.807, 2.05) is 32.2 Å². The molecule has 2 N–H and O–H groups in total. The number of rotatable bonds is 10. The van der Waals surface area contributed by atoms with Crippen LogP contribution in [-0.4, -0.2) is 63.2 Å². The number of likely N-dealkylation sites (N-methyl/N-ethyl adjacent to an activating group) is 1. The Morgan fingerprint density at radius 3 is 2.65 bits per heavy atom. The lowest BCUT2D eigenvalue weighted by Gasteiger charge is -2.22. The van der Waals surface area contributed by atoms with E-state index in [4.69, 9.17) is 4.74 Å². The smallest absolute Gasteiger partial charge is 0.251 e. The van der Waals surface area contributed by atoms with Crippen molar-refractivity contribution in [3.63, 3.8) is 0 Å². The molecule has 1 aliphatic carbocycles. The van der Waals surface area contributed by atoms with Crippen LogP contribution < -0.4 is 10.6 Å². The number of ether oxygens (including phenoxy) is 1. The fourth-order valence-electron chi connectivity index (χ4n) is 2.33. The first-order valence-corrected chi connectivity index (χ1v) is 9.11. The maximum Gasteiger partial charge on any atom is 0.251 e. The van der Waals surface area contributed by atoms with Crippen LogP contribution in [0.2, 0.25) is 0 Å². The van der Waals surface area contributed by atoms with E-state index in [1.165, 1.54) is 12.8 Å². The fraction of sp³-hybridized carbons (Fsp3) is 0.579. The number of hydrogen-bond acceptors (Lipinski definition) is 3. The summed E-state index contributed by atoms with van der Waals surface area (Å²) < 4.78 is 5.68. The van der Waals surface area contributed by atoms with E-state index in [9.17, 15) is 4.79 Å². The Kier molecular flexibility index (Phi) is 11.3. The van der Waals surface area contributed by atoms with Gasteiger partial charge in [0.15, 0.2) is 5.96 Å². The third-order valence-corrected chi connectivity index (χ3v) is 4.01. The van der Waals surface area contributed by atoms with E-state index in [1.54, 1.807) is 12.1 Å². The van der Waals surface area contributed by atoms with E-state index >= 15 is 0 Å². The summed E-state index contributed by atoms with van der Waals surface area (Å²) in [5, 5.41) is 6.16. The predicted octanol–water partition coefficient (Wildman–Crippen LogP) is 2.36. The van der Waals surface area contributed by atoms with Crippen molar-refractivity contribution < 1.29 is 9.53 Å². The first-order valence-electron chi connectivity index (χ1n) is 9.11. The molecule has 0 saturated heterocycles. The minimum atomic E-state index is -0.0670. The highest BCUT2D eigenvalue weighted by molar-refractivity contribution is 14.0. The SMILES string of the molecule is CCNC(=NCCNC(=O)c1ccccc1)N(C)CCOCC1CC1.I. The Morgan fingerprint density at radius 2 is 2.00 bits per heavy atom. The van der Waals surface area contributed by atoms with Gasteiger partial charge in [-0.15, -0.1) is 24.0 Å². The molecule has 0 radical (unpaired) electrons. The van der Waals surface area contributed by atoms with Crippen molar-refractivity contribution in [1.29, 1.82) is 0 Å². The zero-order chi connectivity index (χ0) is 17.9. The maximum absolute atomic E-state index is 12.0. The number of carbonyl (C=O) groups excluding carboxylic acids is 1. The van der Waals surface area contributed by atoms with Gasteiger partial charge in [-0.1, -0.05) is 18.2 Å². The van der Waals surface area contributed by atoms with E-state index in [2.05, 4.69) is 20.5 Å². The quantitative estimate of drug-likeness (QED) is 0.237. The second-order valence-electron chi connectivity index (χ2n) is 6.30. The van der Waals surface area contributed by atoms with Gasteiger partial charge in [0.25, 0.3) is 5.91 Å². The van der Waals surface area contributed by atoms with Crippen LogP contribution in [0.1, 0.15) is 30.1 Å². The number of carbonyl (C=O) groups is 1. The molecule has 1 amide bonds. The Morgan fingerprint density at radius 1 is 1.27 bits per heavy atom. The third kappa shape index (κ3) is 8.84. The van der Waals surface area contributed by atoms with Crippen molar-refractivity contribution in [2.75, 3.05) is 46.4 Å². The van der Waals surface area contributed by atoms with Crippen LogP contribution in [0, 0.1) is 5.92 Å². The van der Waals surface area contributed by atoms with Crippen LogP contribution in [-0.2, 0) is 4.74 Å². The normalized spacial score (nSPS) is 13.7. The van der Waals surface area contributed by atoms with Gasteiger partial charge < -0.3 is 20.3 Å². The molecule has 7 heteroatoms. The molecule has 2 rings (SSSR count). The average molecular weight is 474 g/mol. The first kappa shape index (κ1) is 22.7. The summed E-state index contributed by atoms with van der Waals surface area (Å²) in [5.41, 5.74) is 0.670. The van der Waals surface area contributed by atoms with Gasteiger partial charge in [0.1, 0.15) is 0 Å². The number of nitrogens with zero attached hydrogens (tertiary/aromatic N) is 2. The van der Waals surface area contributed by atoms with Crippen molar-refractivity contribution in [3.8, 4) is 0 Å².